The van der Waals surface area contributed by atoms with Crippen molar-refractivity contribution in [2.75, 3.05) is 18.5 Å². The summed E-state index contributed by atoms with van der Waals surface area (Å²) in [4.78, 5) is 38.9. The van der Waals surface area contributed by atoms with Crippen LogP contribution in [0, 0.1) is 0 Å². The van der Waals surface area contributed by atoms with Gasteiger partial charge >= 0.3 is 5.97 Å². The number of rotatable bonds is 8. The van der Waals surface area contributed by atoms with E-state index in [4.69, 9.17) is 9.94 Å². The highest BCUT2D eigenvalue weighted by Gasteiger charge is 2.12. The number of anilines is 1. The summed E-state index contributed by atoms with van der Waals surface area (Å²) < 4.78 is 0.666. The number of nitrogens with zero attached hydrogens (tertiary/aromatic N) is 1. The molecular weight excluding hydrogens is 446 g/mol. The Balaban J connectivity index is 1.93. The predicted octanol–water partition coefficient (Wildman–Crippen LogP) is 2.35. The Morgan fingerprint density at radius 1 is 1.14 bits per heavy atom. The third-order valence-electron chi connectivity index (χ3n) is 3.60. The van der Waals surface area contributed by atoms with Crippen molar-refractivity contribution in [3.63, 3.8) is 0 Å². The van der Waals surface area contributed by atoms with Crippen molar-refractivity contribution in [1.29, 1.82) is 0 Å². The topological polar surface area (TPSA) is 137 Å². The highest BCUT2D eigenvalue weighted by atomic mass is 79.9. The second kappa shape index (κ2) is 10.2. The van der Waals surface area contributed by atoms with Crippen LogP contribution < -0.4 is 10.6 Å². The Labute approximate surface area is 174 Å². The third-order valence-corrected chi connectivity index (χ3v) is 4.09. The highest BCUT2D eigenvalue weighted by molar-refractivity contribution is 9.10. The van der Waals surface area contributed by atoms with Gasteiger partial charge in [0, 0.05) is 10.2 Å². The number of hydrogen-bond donors (Lipinski definition) is 4. The maximum atomic E-state index is 12.3. The SMILES string of the molecule is C/C(=N\OCC(=O)NCC(=O)O)c1ccc(NC(=O)c2cc(Br)ccc2O)cc1. The van der Waals surface area contributed by atoms with Crippen molar-refractivity contribution in [2.24, 2.45) is 5.16 Å². The Kier molecular flexibility index (Phi) is 7.72. The van der Waals surface area contributed by atoms with E-state index in [9.17, 15) is 19.5 Å². The smallest absolute Gasteiger partial charge is 0.322 e. The Hall–Kier alpha value is -3.40. The quantitative estimate of drug-likeness (QED) is 0.350. The molecule has 2 aromatic rings. The van der Waals surface area contributed by atoms with Crippen LogP contribution in [0.25, 0.3) is 0 Å². The lowest BCUT2D eigenvalue weighted by Crippen LogP contribution is -2.31. The lowest BCUT2D eigenvalue weighted by atomic mass is 10.1. The monoisotopic (exact) mass is 463 g/mol. The van der Waals surface area contributed by atoms with Crippen LogP contribution in [-0.4, -0.2) is 46.9 Å². The van der Waals surface area contributed by atoms with Gasteiger partial charge in [0.2, 0.25) is 0 Å². The third kappa shape index (κ3) is 6.92. The standard InChI is InChI=1S/C19H18BrN3O6/c1-11(23-29-10-17(25)21-9-18(26)27)12-2-5-14(6-3-12)22-19(28)15-8-13(20)4-7-16(15)24/h2-8,24H,9-10H2,1H3,(H,21,25)(H,22,28)(H,26,27)/b23-11+. The van der Waals surface area contributed by atoms with Crippen molar-refractivity contribution < 1.29 is 29.4 Å². The number of carboxylic acids is 1. The molecule has 2 amide bonds. The summed E-state index contributed by atoms with van der Waals surface area (Å²) in [5, 5.41) is 26.9. The molecule has 0 aliphatic carbocycles. The molecule has 0 radical (unpaired) electrons. The summed E-state index contributed by atoms with van der Waals surface area (Å²) in [5.74, 6) is -2.34. The van der Waals surface area contributed by atoms with E-state index in [0.717, 1.165) is 0 Å². The zero-order chi connectivity index (χ0) is 21.4. The van der Waals surface area contributed by atoms with Crippen LogP contribution in [0.4, 0.5) is 5.69 Å². The maximum Gasteiger partial charge on any atom is 0.322 e. The fourth-order valence-electron chi connectivity index (χ4n) is 2.15. The van der Waals surface area contributed by atoms with Gasteiger partial charge in [-0.1, -0.05) is 33.2 Å². The van der Waals surface area contributed by atoms with Gasteiger partial charge in [-0.3, -0.25) is 14.4 Å². The first kappa shape index (κ1) is 21.9. The van der Waals surface area contributed by atoms with Crippen LogP contribution in [0.2, 0.25) is 0 Å². The zero-order valence-corrected chi connectivity index (χ0v) is 16.9. The molecule has 0 atom stereocenters. The average Bonchev–Trinajstić information content (AvgIpc) is 2.68. The van der Waals surface area contributed by atoms with Gasteiger partial charge in [0.1, 0.15) is 12.3 Å². The van der Waals surface area contributed by atoms with Gasteiger partial charge in [0.25, 0.3) is 11.8 Å². The lowest BCUT2D eigenvalue weighted by molar-refractivity contribution is -0.138. The number of aliphatic carboxylic acids is 1. The summed E-state index contributed by atoms with van der Waals surface area (Å²) in [6.07, 6.45) is 0. The van der Waals surface area contributed by atoms with Gasteiger partial charge in [-0.25, -0.2) is 0 Å². The van der Waals surface area contributed by atoms with E-state index in [2.05, 4.69) is 31.7 Å². The molecule has 0 saturated carbocycles. The fraction of sp³-hybridized carbons (Fsp3) is 0.158. The number of nitrogens with one attached hydrogen (secondary N) is 2. The largest absolute Gasteiger partial charge is 0.507 e. The molecule has 0 aromatic heterocycles. The lowest BCUT2D eigenvalue weighted by Gasteiger charge is -2.08. The number of benzene rings is 2. The van der Waals surface area contributed by atoms with E-state index < -0.39 is 30.9 Å². The molecule has 0 saturated heterocycles. The van der Waals surface area contributed by atoms with Crippen LogP contribution in [-0.2, 0) is 14.4 Å². The number of hydrogen-bond acceptors (Lipinski definition) is 6. The van der Waals surface area contributed by atoms with Crippen LogP contribution in [0.15, 0.2) is 52.1 Å². The van der Waals surface area contributed by atoms with E-state index in [1.807, 2.05) is 0 Å². The van der Waals surface area contributed by atoms with Crippen LogP contribution in [0.5, 0.6) is 5.75 Å². The van der Waals surface area contributed by atoms with E-state index in [-0.39, 0.29) is 11.3 Å². The van der Waals surface area contributed by atoms with E-state index in [0.29, 0.717) is 21.4 Å². The second-order valence-corrected chi connectivity index (χ2v) is 6.73. The van der Waals surface area contributed by atoms with Crippen LogP contribution in [0.1, 0.15) is 22.8 Å². The molecule has 152 valence electrons. The molecule has 4 N–H and O–H groups in total. The molecule has 10 heteroatoms. The van der Waals surface area contributed by atoms with Gasteiger partial charge in [-0.05, 0) is 42.8 Å². The molecule has 0 spiro atoms. The molecular formula is C19H18BrN3O6. The molecule has 0 fully saturated rings. The number of carboxylic acid groups (broad SMARTS) is 1. The van der Waals surface area contributed by atoms with Gasteiger partial charge in [0.15, 0.2) is 6.61 Å². The zero-order valence-electron chi connectivity index (χ0n) is 15.3. The second-order valence-electron chi connectivity index (χ2n) is 5.81. The number of phenolic OH excluding ortho intramolecular Hbond substituents is 1. The number of halogens is 1. The number of carbonyl (C=O) groups is 3. The minimum Gasteiger partial charge on any atom is -0.507 e. The molecule has 0 aliphatic heterocycles. The van der Waals surface area contributed by atoms with Crippen molar-refractivity contribution in [3.05, 3.63) is 58.1 Å². The normalized spacial score (nSPS) is 10.9. The highest BCUT2D eigenvalue weighted by Crippen LogP contribution is 2.23. The van der Waals surface area contributed by atoms with Crippen molar-refractivity contribution in [1.82, 2.24) is 5.32 Å². The minimum atomic E-state index is -1.15. The number of aromatic hydroxyl groups is 1. The van der Waals surface area contributed by atoms with E-state index in [1.165, 1.54) is 12.1 Å². The van der Waals surface area contributed by atoms with E-state index in [1.54, 1.807) is 37.3 Å². The van der Waals surface area contributed by atoms with E-state index >= 15 is 0 Å². The van der Waals surface area contributed by atoms with Gasteiger partial charge in [-0.15, -0.1) is 0 Å². The fourth-order valence-corrected chi connectivity index (χ4v) is 2.51. The molecule has 0 heterocycles. The summed E-state index contributed by atoms with van der Waals surface area (Å²) >= 11 is 3.25. The molecule has 0 bridgehead atoms. The summed E-state index contributed by atoms with van der Waals surface area (Å²) in [6.45, 7) is 0.771. The summed E-state index contributed by atoms with van der Waals surface area (Å²) in [5.41, 5.74) is 1.83. The Bertz CT molecular complexity index is 943. The van der Waals surface area contributed by atoms with Gasteiger partial charge in [-0.2, -0.15) is 0 Å². The number of oxime groups is 1. The first-order valence-corrected chi connectivity index (χ1v) is 9.11. The van der Waals surface area contributed by atoms with Crippen LogP contribution in [0.3, 0.4) is 0 Å². The van der Waals surface area contributed by atoms with Gasteiger partial charge < -0.3 is 25.7 Å². The summed E-state index contributed by atoms with van der Waals surface area (Å²) in [6, 6.07) is 11.3. The van der Waals surface area contributed by atoms with Crippen LogP contribution >= 0.6 is 15.9 Å². The molecule has 2 aromatic carbocycles. The first-order valence-electron chi connectivity index (χ1n) is 8.31. The predicted molar refractivity (Wildman–Crippen MR) is 109 cm³/mol. The summed E-state index contributed by atoms with van der Waals surface area (Å²) in [7, 11) is 0. The molecule has 0 aliphatic rings. The molecule has 9 nitrogen and oxygen atoms in total. The number of amides is 2. The average molecular weight is 464 g/mol. The van der Waals surface area contributed by atoms with Crippen molar-refractivity contribution in [3.8, 4) is 5.75 Å². The number of carbonyl (C=O) groups excluding carboxylic acids is 2. The molecule has 0 unspecified atom stereocenters. The minimum absolute atomic E-state index is 0.130. The van der Waals surface area contributed by atoms with Gasteiger partial charge in [0.05, 0.1) is 11.3 Å². The Morgan fingerprint density at radius 2 is 1.83 bits per heavy atom. The molecule has 2 rings (SSSR count). The van der Waals surface area contributed by atoms with Crippen molar-refractivity contribution >= 4 is 45.1 Å². The Morgan fingerprint density at radius 3 is 2.48 bits per heavy atom. The maximum absolute atomic E-state index is 12.3. The first-order chi connectivity index (χ1) is 13.8. The molecule has 29 heavy (non-hydrogen) atoms. The number of phenols is 1. The van der Waals surface area contributed by atoms with Crippen molar-refractivity contribution in [2.45, 2.75) is 6.92 Å².